The summed E-state index contributed by atoms with van der Waals surface area (Å²) in [5.41, 5.74) is 1.34. The van der Waals surface area contributed by atoms with Gasteiger partial charge in [0.1, 0.15) is 0 Å². The number of nitrogens with zero attached hydrogens (tertiary/aromatic N) is 1. The normalized spacial score (nSPS) is 10.3. The van der Waals surface area contributed by atoms with Gasteiger partial charge in [-0.25, -0.2) is 0 Å². The molecule has 92 valence electrons. The van der Waals surface area contributed by atoms with Gasteiger partial charge in [0.25, 0.3) is 5.69 Å². The van der Waals surface area contributed by atoms with Crippen molar-refractivity contribution < 1.29 is 4.92 Å². The highest BCUT2D eigenvalue weighted by Crippen LogP contribution is 2.31. The Morgan fingerprint density at radius 3 is 2.44 bits per heavy atom. The van der Waals surface area contributed by atoms with E-state index in [-0.39, 0.29) is 10.6 Å². The summed E-state index contributed by atoms with van der Waals surface area (Å²) in [5.74, 6) is 0.738. The lowest BCUT2D eigenvalue weighted by molar-refractivity contribution is -0.387. The van der Waals surface area contributed by atoms with Crippen molar-refractivity contribution in [1.82, 2.24) is 0 Å². The summed E-state index contributed by atoms with van der Waals surface area (Å²) >= 11 is 3.74. The SMILES string of the molecule is O=[N+]([O-])c1ccccc1SCc1ccc(I)cc1. The molecular formula is C13H10INO2S. The van der Waals surface area contributed by atoms with Crippen LogP contribution < -0.4 is 0 Å². The van der Waals surface area contributed by atoms with Gasteiger partial charge in [0.15, 0.2) is 0 Å². The lowest BCUT2D eigenvalue weighted by atomic mass is 10.2. The van der Waals surface area contributed by atoms with Gasteiger partial charge in [-0.05, 0) is 46.4 Å². The van der Waals surface area contributed by atoms with E-state index >= 15 is 0 Å². The Kier molecular flexibility index (Phi) is 4.60. The van der Waals surface area contributed by atoms with Gasteiger partial charge in [-0.15, -0.1) is 11.8 Å². The molecule has 5 heteroatoms. The highest BCUT2D eigenvalue weighted by molar-refractivity contribution is 14.1. The molecule has 2 aromatic rings. The summed E-state index contributed by atoms with van der Waals surface area (Å²) in [6.07, 6.45) is 0. The zero-order valence-electron chi connectivity index (χ0n) is 9.38. The number of halogens is 1. The van der Waals surface area contributed by atoms with E-state index in [0.717, 1.165) is 5.75 Å². The summed E-state index contributed by atoms with van der Waals surface area (Å²) in [5, 5.41) is 10.9. The third-order valence-electron chi connectivity index (χ3n) is 2.37. The molecule has 0 aromatic heterocycles. The molecule has 2 aromatic carbocycles. The van der Waals surface area contributed by atoms with Crippen molar-refractivity contribution in [3.05, 3.63) is 67.8 Å². The number of thioether (sulfide) groups is 1. The molecule has 3 nitrogen and oxygen atoms in total. The number of hydrogen-bond donors (Lipinski definition) is 0. The molecular weight excluding hydrogens is 361 g/mol. The van der Waals surface area contributed by atoms with Gasteiger partial charge in [-0.1, -0.05) is 24.3 Å². The molecule has 0 aliphatic carbocycles. The van der Waals surface area contributed by atoms with Crippen molar-refractivity contribution in [2.45, 2.75) is 10.6 Å². The van der Waals surface area contributed by atoms with Crippen LogP contribution in [0, 0.1) is 13.7 Å². The summed E-state index contributed by atoms with van der Waals surface area (Å²) in [6.45, 7) is 0. The summed E-state index contributed by atoms with van der Waals surface area (Å²) in [7, 11) is 0. The molecule has 0 saturated heterocycles. The fourth-order valence-electron chi connectivity index (χ4n) is 1.47. The minimum Gasteiger partial charge on any atom is -0.258 e. The van der Waals surface area contributed by atoms with Crippen molar-refractivity contribution in [2.24, 2.45) is 0 Å². The summed E-state index contributed by atoms with van der Waals surface area (Å²) in [6, 6.07) is 15.0. The van der Waals surface area contributed by atoms with Crippen LogP contribution in [0.3, 0.4) is 0 Å². The molecule has 18 heavy (non-hydrogen) atoms. The number of benzene rings is 2. The summed E-state index contributed by atoms with van der Waals surface area (Å²) in [4.78, 5) is 11.2. The largest absolute Gasteiger partial charge is 0.282 e. The van der Waals surface area contributed by atoms with Crippen LogP contribution in [0.15, 0.2) is 53.4 Å². The molecule has 0 N–H and O–H groups in total. The highest BCUT2D eigenvalue weighted by atomic mass is 127. The Morgan fingerprint density at radius 2 is 1.78 bits per heavy atom. The second-order valence-electron chi connectivity index (χ2n) is 3.64. The van der Waals surface area contributed by atoms with E-state index in [1.54, 1.807) is 12.1 Å². The van der Waals surface area contributed by atoms with Crippen molar-refractivity contribution in [3.8, 4) is 0 Å². The minimum absolute atomic E-state index is 0.174. The fourth-order valence-corrected chi connectivity index (χ4v) is 2.81. The topological polar surface area (TPSA) is 43.1 Å². The molecule has 0 aliphatic rings. The first kappa shape index (κ1) is 13.4. The second-order valence-corrected chi connectivity index (χ2v) is 5.90. The van der Waals surface area contributed by atoms with Gasteiger partial charge in [-0.3, -0.25) is 10.1 Å². The molecule has 0 spiro atoms. The monoisotopic (exact) mass is 371 g/mol. The molecule has 0 unspecified atom stereocenters. The summed E-state index contributed by atoms with van der Waals surface area (Å²) < 4.78 is 1.19. The van der Waals surface area contributed by atoms with Gasteiger partial charge in [0, 0.05) is 15.4 Å². The van der Waals surface area contributed by atoms with Gasteiger partial charge >= 0.3 is 0 Å². The van der Waals surface area contributed by atoms with Crippen LogP contribution in [0.1, 0.15) is 5.56 Å². The Morgan fingerprint density at radius 1 is 1.11 bits per heavy atom. The van der Waals surface area contributed by atoms with E-state index < -0.39 is 0 Å². The predicted molar refractivity (Wildman–Crippen MR) is 81.8 cm³/mol. The van der Waals surface area contributed by atoms with Crippen LogP contribution >= 0.6 is 34.4 Å². The van der Waals surface area contributed by atoms with Crippen LogP contribution in [0.5, 0.6) is 0 Å². The zero-order chi connectivity index (χ0) is 13.0. The van der Waals surface area contributed by atoms with Gasteiger partial charge in [-0.2, -0.15) is 0 Å². The molecule has 0 atom stereocenters. The van der Waals surface area contributed by atoms with Crippen molar-refractivity contribution >= 4 is 40.0 Å². The minimum atomic E-state index is -0.337. The Labute approximate surface area is 123 Å². The molecule has 0 aliphatic heterocycles. The van der Waals surface area contributed by atoms with E-state index in [4.69, 9.17) is 0 Å². The average Bonchev–Trinajstić information content (AvgIpc) is 2.38. The fraction of sp³-hybridized carbons (Fsp3) is 0.0769. The predicted octanol–water partition coefficient (Wildman–Crippen LogP) is 4.49. The highest BCUT2D eigenvalue weighted by Gasteiger charge is 2.12. The molecule has 0 heterocycles. The van der Waals surface area contributed by atoms with E-state index in [9.17, 15) is 10.1 Å². The smallest absolute Gasteiger partial charge is 0.258 e. The maximum Gasteiger partial charge on any atom is 0.282 e. The molecule has 0 fully saturated rings. The Balaban J connectivity index is 2.10. The second kappa shape index (κ2) is 6.19. The number of nitro groups is 1. The number of para-hydroxylation sites is 1. The maximum atomic E-state index is 10.9. The van der Waals surface area contributed by atoms with E-state index in [1.807, 2.05) is 30.3 Å². The third kappa shape index (κ3) is 3.46. The van der Waals surface area contributed by atoms with Gasteiger partial charge in [0.2, 0.25) is 0 Å². The number of hydrogen-bond acceptors (Lipinski definition) is 3. The van der Waals surface area contributed by atoms with Gasteiger partial charge < -0.3 is 0 Å². The van der Waals surface area contributed by atoms with Crippen LogP contribution in [0.25, 0.3) is 0 Å². The lowest BCUT2D eigenvalue weighted by Gasteiger charge is -2.03. The van der Waals surface area contributed by atoms with E-state index in [2.05, 4.69) is 22.6 Å². The first-order chi connectivity index (χ1) is 8.66. The lowest BCUT2D eigenvalue weighted by Crippen LogP contribution is -1.90. The molecule has 0 radical (unpaired) electrons. The molecule has 2 rings (SSSR count). The zero-order valence-corrected chi connectivity index (χ0v) is 12.3. The molecule has 0 amide bonds. The Bertz CT molecular complexity index is 557. The first-order valence-corrected chi connectivity index (χ1v) is 7.34. The molecule has 0 bridgehead atoms. The molecule has 0 saturated carbocycles. The first-order valence-electron chi connectivity index (χ1n) is 5.27. The van der Waals surface area contributed by atoms with Crippen LogP contribution in [0.4, 0.5) is 5.69 Å². The van der Waals surface area contributed by atoms with Crippen LogP contribution in [0.2, 0.25) is 0 Å². The number of nitro benzene ring substituents is 1. The van der Waals surface area contributed by atoms with Crippen molar-refractivity contribution in [1.29, 1.82) is 0 Å². The third-order valence-corrected chi connectivity index (χ3v) is 4.22. The van der Waals surface area contributed by atoms with E-state index in [0.29, 0.717) is 4.90 Å². The quantitative estimate of drug-likeness (QED) is 0.344. The van der Waals surface area contributed by atoms with Crippen LogP contribution in [-0.2, 0) is 5.75 Å². The van der Waals surface area contributed by atoms with Crippen molar-refractivity contribution in [2.75, 3.05) is 0 Å². The van der Waals surface area contributed by atoms with Crippen molar-refractivity contribution in [3.63, 3.8) is 0 Å². The van der Waals surface area contributed by atoms with Gasteiger partial charge in [0.05, 0.1) is 9.82 Å². The van der Waals surface area contributed by atoms with Crippen LogP contribution in [-0.4, -0.2) is 4.92 Å². The van der Waals surface area contributed by atoms with E-state index in [1.165, 1.54) is 27.0 Å². The Hall–Kier alpha value is -1.08. The average molecular weight is 371 g/mol. The maximum absolute atomic E-state index is 10.9. The number of rotatable bonds is 4. The standard InChI is InChI=1S/C13H10INO2S/c14-11-7-5-10(6-8-11)9-18-13-4-2-1-3-12(13)15(16)17/h1-8H,9H2.